The molecule has 0 unspecified atom stereocenters. The van der Waals surface area contributed by atoms with Crippen molar-refractivity contribution in [3.8, 4) is 5.75 Å². The van der Waals surface area contributed by atoms with Crippen LogP contribution >= 0.6 is 0 Å². The second kappa shape index (κ2) is 7.39. The molecule has 1 aromatic rings. The fourth-order valence-electron chi connectivity index (χ4n) is 5.28. The van der Waals surface area contributed by atoms with Gasteiger partial charge in [0.15, 0.2) is 0 Å². The van der Waals surface area contributed by atoms with Gasteiger partial charge < -0.3 is 20.1 Å². The highest BCUT2D eigenvalue weighted by Gasteiger charge is 2.63. The molecule has 6 nitrogen and oxygen atoms in total. The molecule has 3 heterocycles. The smallest absolute Gasteiger partial charge is 0.227 e. The summed E-state index contributed by atoms with van der Waals surface area (Å²) in [6, 6.07) is 6.87. The quantitative estimate of drug-likeness (QED) is 0.785. The Bertz CT molecular complexity index is 765. The van der Waals surface area contributed by atoms with Gasteiger partial charge in [-0.1, -0.05) is 26.0 Å². The van der Waals surface area contributed by atoms with E-state index in [0.29, 0.717) is 37.9 Å². The standard InChI is InChI=1S/C22H30N2O4/c1-14(2)8-20(26)23-11-17-18-12-24(13-22(18)7-6-19(17)28-22)21(27)10-15-4-3-5-16(25)9-15/h3-5,9,14,17-19,25H,6-8,10-13H2,1-2H3,(H,23,26)/t17-,18+,19+,22+/m0/s1. The van der Waals surface area contributed by atoms with Crippen molar-refractivity contribution in [2.75, 3.05) is 19.6 Å². The Morgan fingerprint density at radius 1 is 1.39 bits per heavy atom. The van der Waals surface area contributed by atoms with Gasteiger partial charge in [0.1, 0.15) is 5.75 Å². The first-order valence-electron chi connectivity index (χ1n) is 10.4. The number of nitrogens with zero attached hydrogens (tertiary/aromatic N) is 1. The first kappa shape index (κ1) is 19.2. The summed E-state index contributed by atoms with van der Waals surface area (Å²) >= 11 is 0. The van der Waals surface area contributed by atoms with Gasteiger partial charge >= 0.3 is 0 Å². The van der Waals surface area contributed by atoms with Gasteiger partial charge in [-0.3, -0.25) is 9.59 Å². The molecule has 3 aliphatic rings. The van der Waals surface area contributed by atoms with Gasteiger partial charge in [0.25, 0.3) is 0 Å². The average molecular weight is 386 g/mol. The van der Waals surface area contributed by atoms with Gasteiger partial charge in [-0.25, -0.2) is 0 Å². The van der Waals surface area contributed by atoms with Crippen molar-refractivity contribution in [1.29, 1.82) is 0 Å². The van der Waals surface area contributed by atoms with Crippen LogP contribution in [0.4, 0.5) is 0 Å². The maximum absolute atomic E-state index is 12.8. The van der Waals surface area contributed by atoms with Gasteiger partial charge in [0.2, 0.25) is 11.8 Å². The zero-order valence-corrected chi connectivity index (χ0v) is 16.7. The Balaban J connectivity index is 1.39. The van der Waals surface area contributed by atoms with Crippen LogP contribution in [-0.2, 0) is 20.7 Å². The first-order chi connectivity index (χ1) is 13.4. The Labute approximate surface area is 166 Å². The predicted octanol–water partition coefficient (Wildman–Crippen LogP) is 2.10. The van der Waals surface area contributed by atoms with Gasteiger partial charge in [-0.05, 0) is 36.5 Å². The first-order valence-corrected chi connectivity index (χ1v) is 10.4. The molecule has 4 rings (SSSR count). The van der Waals surface area contributed by atoms with E-state index in [9.17, 15) is 14.7 Å². The molecular formula is C22H30N2O4. The predicted molar refractivity (Wildman–Crippen MR) is 105 cm³/mol. The molecule has 0 saturated carbocycles. The molecule has 3 aliphatic heterocycles. The van der Waals surface area contributed by atoms with E-state index >= 15 is 0 Å². The minimum atomic E-state index is -0.230. The number of phenols is 1. The van der Waals surface area contributed by atoms with E-state index in [0.717, 1.165) is 18.4 Å². The number of hydrogen-bond acceptors (Lipinski definition) is 4. The van der Waals surface area contributed by atoms with Crippen LogP contribution in [0.2, 0.25) is 0 Å². The molecule has 4 atom stereocenters. The van der Waals surface area contributed by atoms with Crippen molar-refractivity contribution in [3.05, 3.63) is 29.8 Å². The van der Waals surface area contributed by atoms with Crippen LogP contribution in [0, 0.1) is 17.8 Å². The normalized spacial score (nSPS) is 30.7. The number of hydrogen-bond donors (Lipinski definition) is 2. The Kier molecular flexibility index (Phi) is 5.08. The molecular weight excluding hydrogens is 356 g/mol. The van der Waals surface area contributed by atoms with Crippen molar-refractivity contribution in [2.24, 2.45) is 17.8 Å². The SMILES string of the molecule is CC(C)CC(=O)NC[C@H]1[C@H]2CN(C(=O)Cc3cccc(O)c3)C[C@]23CC[C@H]1O3. The number of fused-ring (bicyclic) bond motifs is 1. The van der Waals surface area contributed by atoms with Crippen molar-refractivity contribution in [2.45, 2.75) is 51.2 Å². The highest BCUT2D eigenvalue weighted by Crippen LogP contribution is 2.54. The summed E-state index contributed by atoms with van der Waals surface area (Å²) in [6.45, 7) is 6.06. The second-order valence-corrected chi connectivity index (χ2v) is 9.05. The van der Waals surface area contributed by atoms with E-state index in [2.05, 4.69) is 5.32 Å². The zero-order chi connectivity index (χ0) is 19.9. The van der Waals surface area contributed by atoms with Gasteiger partial charge in [0.05, 0.1) is 24.7 Å². The Morgan fingerprint density at radius 2 is 2.21 bits per heavy atom. The highest BCUT2D eigenvalue weighted by atomic mass is 16.5. The molecule has 2 amide bonds. The summed E-state index contributed by atoms with van der Waals surface area (Å²) in [6.07, 6.45) is 3.04. The van der Waals surface area contributed by atoms with Crippen molar-refractivity contribution < 1.29 is 19.4 Å². The van der Waals surface area contributed by atoms with Crippen LogP contribution < -0.4 is 5.32 Å². The third-order valence-electron chi connectivity index (χ3n) is 6.53. The number of rotatable bonds is 6. The summed E-state index contributed by atoms with van der Waals surface area (Å²) < 4.78 is 6.37. The molecule has 2 bridgehead atoms. The zero-order valence-electron chi connectivity index (χ0n) is 16.7. The number of aromatic hydroxyl groups is 1. The number of amides is 2. The lowest BCUT2D eigenvalue weighted by molar-refractivity contribution is -0.131. The van der Waals surface area contributed by atoms with Crippen LogP contribution in [0.15, 0.2) is 24.3 Å². The van der Waals surface area contributed by atoms with Crippen LogP contribution in [-0.4, -0.2) is 53.2 Å². The molecule has 28 heavy (non-hydrogen) atoms. The van der Waals surface area contributed by atoms with E-state index in [1.54, 1.807) is 18.2 Å². The number of ether oxygens (including phenoxy) is 1. The molecule has 152 valence electrons. The van der Waals surface area contributed by atoms with Crippen LogP contribution in [0.25, 0.3) is 0 Å². The van der Waals surface area contributed by atoms with Gasteiger partial charge in [0, 0.05) is 31.3 Å². The molecule has 2 N–H and O–H groups in total. The summed E-state index contributed by atoms with van der Waals surface area (Å²) in [5.41, 5.74) is 0.592. The topological polar surface area (TPSA) is 78.9 Å². The summed E-state index contributed by atoms with van der Waals surface area (Å²) in [5, 5.41) is 12.7. The number of carbonyl (C=O) groups excluding carboxylic acids is 2. The minimum absolute atomic E-state index is 0.0732. The number of benzene rings is 1. The van der Waals surface area contributed by atoms with E-state index in [4.69, 9.17) is 4.74 Å². The second-order valence-electron chi connectivity index (χ2n) is 9.05. The van der Waals surface area contributed by atoms with E-state index in [-0.39, 0.29) is 41.6 Å². The van der Waals surface area contributed by atoms with E-state index in [1.807, 2.05) is 24.8 Å². The molecule has 6 heteroatoms. The largest absolute Gasteiger partial charge is 0.508 e. The van der Waals surface area contributed by atoms with Crippen LogP contribution in [0.5, 0.6) is 5.75 Å². The number of phenolic OH excluding ortho intramolecular Hbond substituents is 1. The maximum Gasteiger partial charge on any atom is 0.227 e. The van der Waals surface area contributed by atoms with Crippen molar-refractivity contribution in [1.82, 2.24) is 10.2 Å². The molecule has 3 fully saturated rings. The molecule has 1 aromatic carbocycles. The lowest BCUT2D eigenvalue weighted by atomic mass is 9.73. The Morgan fingerprint density at radius 3 is 2.96 bits per heavy atom. The number of likely N-dealkylation sites (tertiary alicyclic amines) is 1. The monoisotopic (exact) mass is 386 g/mol. The van der Waals surface area contributed by atoms with E-state index in [1.165, 1.54) is 0 Å². The van der Waals surface area contributed by atoms with E-state index < -0.39 is 0 Å². The number of nitrogens with one attached hydrogen (secondary N) is 1. The minimum Gasteiger partial charge on any atom is -0.508 e. The molecule has 0 radical (unpaired) electrons. The molecule has 0 aliphatic carbocycles. The summed E-state index contributed by atoms with van der Waals surface area (Å²) in [4.78, 5) is 26.8. The van der Waals surface area contributed by atoms with Gasteiger partial charge in [-0.15, -0.1) is 0 Å². The summed E-state index contributed by atoms with van der Waals surface area (Å²) in [7, 11) is 0. The Hall–Kier alpha value is -2.08. The van der Waals surface area contributed by atoms with Crippen LogP contribution in [0.1, 0.15) is 38.7 Å². The van der Waals surface area contributed by atoms with Crippen molar-refractivity contribution in [3.63, 3.8) is 0 Å². The lowest BCUT2D eigenvalue weighted by Gasteiger charge is -2.29. The van der Waals surface area contributed by atoms with Gasteiger partial charge in [-0.2, -0.15) is 0 Å². The maximum atomic E-state index is 12.8. The van der Waals surface area contributed by atoms with Crippen LogP contribution in [0.3, 0.4) is 0 Å². The molecule has 3 saturated heterocycles. The third-order valence-corrected chi connectivity index (χ3v) is 6.53. The summed E-state index contributed by atoms with van der Waals surface area (Å²) in [5.74, 6) is 1.27. The fraction of sp³-hybridized carbons (Fsp3) is 0.636. The molecule has 1 spiro atoms. The molecule has 0 aromatic heterocycles. The third kappa shape index (κ3) is 3.62. The highest BCUT2D eigenvalue weighted by molar-refractivity contribution is 5.79. The number of carbonyl (C=O) groups is 2. The average Bonchev–Trinajstić information content (AvgIpc) is 3.27. The fourth-order valence-corrected chi connectivity index (χ4v) is 5.28. The lowest BCUT2D eigenvalue weighted by Crippen LogP contribution is -2.42. The van der Waals surface area contributed by atoms with Crippen molar-refractivity contribution >= 4 is 11.8 Å².